The van der Waals surface area contributed by atoms with Crippen molar-refractivity contribution >= 4 is 29.4 Å². The molecular formula is C18H12ClF4NO5. The second-order valence-corrected chi connectivity index (χ2v) is 6.44. The molecule has 1 atom stereocenters. The second kappa shape index (κ2) is 7.11. The van der Waals surface area contributed by atoms with Crippen LogP contribution in [0.25, 0.3) is 0 Å². The molecule has 6 nitrogen and oxygen atoms in total. The van der Waals surface area contributed by atoms with Gasteiger partial charge in [0.1, 0.15) is 5.75 Å². The van der Waals surface area contributed by atoms with Crippen molar-refractivity contribution in [3.8, 4) is 5.75 Å². The number of ether oxygens (including phenoxy) is 2. The normalized spacial score (nSPS) is 18.6. The Morgan fingerprint density at radius 2 is 1.90 bits per heavy atom. The van der Waals surface area contributed by atoms with Gasteiger partial charge >= 0.3 is 12.3 Å². The molecule has 0 aromatic heterocycles. The average Bonchev–Trinajstić information content (AvgIpc) is 2.87. The zero-order chi connectivity index (χ0) is 21.6. The first-order valence-corrected chi connectivity index (χ1v) is 8.30. The summed E-state index contributed by atoms with van der Waals surface area (Å²) in [6, 6.07) is 5.78. The molecule has 1 unspecified atom stereocenters. The lowest BCUT2D eigenvalue weighted by Crippen LogP contribution is -2.40. The number of methoxy groups -OCH3 is 1. The van der Waals surface area contributed by atoms with Gasteiger partial charge < -0.3 is 14.6 Å². The summed E-state index contributed by atoms with van der Waals surface area (Å²) in [6.45, 7) is -1.00. The van der Waals surface area contributed by atoms with Crippen molar-refractivity contribution in [3.63, 3.8) is 0 Å². The summed E-state index contributed by atoms with van der Waals surface area (Å²) in [7, 11) is 1.22. The van der Waals surface area contributed by atoms with Gasteiger partial charge in [0.2, 0.25) is 5.67 Å². The Balaban J connectivity index is 2.24. The zero-order valence-corrected chi connectivity index (χ0v) is 15.3. The highest BCUT2D eigenvalue weighted by Gasteiger charge is 2.55. The van der Waals surface area contributed by atoms with Crippen LogP contribution < -0.4 is 9.64 Å². The SMILES string of the molecule is COc1ccc(Cl)cc1C1(F)C(=O)N(COC(=O)O)c2cc(C(F)(F)F)ccc21. The van der Waals surface area contributed by atoms with Crippen LogP contribution in [0.5, 0.6) is 5.75 Å². The molecule has 11 heteroatoms. The molecule has 154 valence electrons. The molecule has 1 N–H and O–H groups in total. The first-order valence-electron chi connectivity index (χ1n) is 7.92. The van der Waals surface area contributed by atoms with Crippen molar-refractivity contribution in [2.45, 2.75) is 11.8 Å². The molecule has 0 saturated carbocycles. The molecule has 1 amide bonds. The van der Waals surface area contributed by atoms with Crippen LogP contribution in [0, 0.1) is 0 Å². The minimum atomic E-state index is -4.77. The van der Waals surface area contributed by atoms with Crippen LogP contribution in [0.4, 0.5) is 28.0 Å². The number of amides is 1. The lowest BCUT2D eigenvalue weighted by atomic mass is 9.88. The third-order valence-corrected chi connectivity index (χ3v) is 4.61. The number of fused-ring (bicyclic) bond motifs is 1. The summed E-state index contributed by atoms with van der Waals surface area (Å²) in [5, 5.41) is 8.74. The maximum absolute atomic E-state index is 16.2. The van der Waals surface area contributed by atoms with Gasteiger partial charge in [-0.05, 0) is 30.3 Å². The number of benzene rings is 2. The third kappa shape index (κ3) is 3.44. The number of nitrogens with zero attached hydrogens (tertiary/aromatic N) is 1. The van der Waals surface area contributed by atoms with E-state index in [4.69, 9.17) is 21.4 Å². The highest BCUT2D eigenvalue weighted by molar-refractivity contribution is 6.30. The Morgan fingerprint density at radius 3 is 2.48 bits per heavy atom. The largest absolute Gasteiger partial charge is 0.507 e. The van der Waals surface area contributed by atoms with Crippen LogP contribution in [0.1, 0.15) is 16.7 Å². The number of alkyl halides is 4. The Hall–Kier alpha value is -3.01. The summed E-state index contributed by atoms with van der Waals surface area (Å²) >= 11 is 5.91. The molecule has 1 aliphatic rings. The number of rotatable bonds is 4. The molecule has 2 aromatic carbocycles. The molecule has 2 aromatic rings. The molecule has 0 saturated heterocycles. The van der Waals surface area contributed by atoms with E-state index < -0.39 is 47.5 Å². The van der Waals surface area contributed by atoms with Crippen LogP contribution in [0.2, 0.25) is 5.02 Å². The summed E-state index contributed by atoms with van der Waals surface area (Å²) in [6.07, 6.45) is -6.56. The summed E-state index contributed by atoms with van der Waals surface area (Å²) in [5.74, 6) is -1.41. The first kappa shape index (κ1) is 20.7. The van der Waals surface area contributed by atoms with Crippen molar-refractivity contribution in [3.05, 3.63) is 58.1 Å². The van der Waals surface area contributed by atoms with Gasteiger partial charge in [-0.25, -0.2) is 9.18 Å². The van der Waals surface area contributed by atoms with Gasteiger partial charge in [0.15, 0.2) is 6.73 Å². The first-order chi connectivity index (χ1) is 13.5. The van der Waals surface area contributed by atoms with Crippen molar-refractivity contribution in [2.75, 3.05) is 18.7 Å². The van der Waals surface area contributed by atoms with E-state index in [1.807, 2.05) is 0 Å². The lowest BCUT2D eigenvalue weighted by Gasteiger charge is -2.23. The van der Waals surface area contributed by atoms with E-state index in [1.165, 1.54) is 19.2 Å². The van der Waals surface area contributed by atoms with Gasteiger partial charge in [-0.3, -0.25) is 9.69 Å². The number of carboxylic acid groups (broad SMARTS) is 1. The Morgan fingerprint density at radius 1 is 1.21 bits per heavy atom. The number of anilines is 1. The van der Waals surface area contributed by atoms with E-state index in [0.717, 1.165) is 12.1 Å². The standard InChI is InChI=1S/C18H12ClF4NO5/c1-28-14-5-3-10(19)7-12(14)17(20)11-4-2-9(18(21,22)23)6-13(11)24(15(17)25)8-29-16(26)27/h2-7H,8H2,1H3,(H,26,27). The Labute approximate surface area is 166 Å². The average molecular weight is 434 g/mol. The molecule has 0 bridgehead atoms. The maximum Gasteiger partial charge on any atom is 0.507 e. The Bertz CT molecular complexity index is 997. The van der Waals surface area contributed by atoms with E-state index in [-0.39, 0.29) is 16.3 Å². The molecule has 0 spiro atoms. The van der Waals surface area contributed by atoms with Gasteiger partial charge in [0.05, 0.1) is 18.4 Å². The van der Waals surface area contributed by atoms with Gasteiger partial charge in [-0.15, -0.1) is 0 Å². The van der Waals surface area contributed by atoms with Crippen LogP contribution in [-0.4, -0.2) is 31.0 Å². The van der Waals surface area contributed by atoms with E-state index in [1.54, 1.807) is 0 Å². The lowest BCUT2D eigenvalue weighted by molar-refractivity contribution is -0.137. The van der Waals surface area contributed by atoms with E-state index in [9.17, 15) is 22.8 Å². The summed E-state index contributed by atoms with van der Waals surface area (Å²) in [5.41, 5.74) is -5.36. The highest BCUT2D eigenvalue weighted by atomic mass is 35.5. The highest BCUT2D eigenvalue weighted by Crippen LogP contribution is 2.51. The molecule has 29 heavy (non-hydrogen) atoms. The summed E-state index contributed by atoms with van der Waals surface area (Å²) in [4.78, 5) is 24.1. The molecular weight excluding hydrogens is 422 g/mol. The molecule has 0 radical (unpaired) electrons. The molecule has 0 aliphatic carbocycles. The predicted molar refractivity (Wildman–Crippen MR) is 92.8 cm³/mol. The topological polar surface area (TPSA) is 76.1 Å². The number of hydrogen-bond donors (Lipinski definition) is 1. The number of halogens is 5. The second-order valence-electron chi connectivity index (χ2n) is 6.01. The van der Waals surface area contributed by atoms with Gasteiger partial charge in [0, 0.05) is 16.1 Å². The minimum absolute atomic E-state index is 0.0549. The van der Waals surface area contributed by atoms with Crippen LogP contribution in [0.3, 0.4) is 0 Å². The monoisotopic (exact) mass is 433 g/mol. The molecule has 0 fully saturated rings. The quantitative estimate of drug-likeness (QED) is 0.564. The summed E-state index contributed by atoms with van der Waals surface area (Å²) < 4.78 is 65.0. The molecule has 3 rings (SSSR count). The zero-order valence-electron chi connectivity index (χ0n) is 14.6. The fourth-order valence-electron chi connectivity index (χ4n) is 3.09. The van der Waals surface area contributed by atoms with Crippen LogP contribution >= 0.6 is 11.6 Å². The van der Waals surface area contributed by atoms with Crippen molar-refractivity contribution in [1.29, 1.82) is 0 Å². The fourth-order valence-corrected chi connectivity index (χ4v) is 3.26. The third-order valence-electron chi connectivity index (χ3n) is 4.38. The molecule has 1 heterocycles. The number of carbonyl (C=O) groups excluding carboxylic acids is 1. The van der Waals surface area contributed by atoms with Gasteiger partial charge in [0.25, 0.3) is 5.91 Å². The molecule has 1 aliphatic heterocycles. The Kier molecular flexibility index (Phi) is 5.08. The number of hydrogen-bond acceptors (Lipinski definition) is 4. The van der Waals surface area contributed by atoms with Crippen LogP contribution in [-0.2, 0) is 21.4 Å². The minimum Gasteiger partial charge on any atom is -0.496 e. The predicted octanol–water partition coefficient (Wildman–Crippen LogP) is 4.58. The maximum atomic E-state index is 16.2. The van der Waals surface area contributed by atoms with E-state index in [0.29, 0.717) is 17.0 Å². The fraction of sp³-hybridized carbons (Fsp3) is 0.222. The van der Waals surface area contributed by atoms with Crippen molar-refractivity contribution in [2.24, 2.45) is 0 Å². The van der Waals surface area contributed by atoms with Gasteiger partial charge in [-0.2, -0.15) is 13.2 Å². The van der Waals surface area contributed by atoms with Crippen molar-refractivity contribution in [1.82, 2.24) is 0 Å². The van der Waals surface area contributed by atoms with Crippen LogP contribution in [0.15, 0.2) is 36.4 Å². The smallest absolute Gasteiger partial charge is 0.496 e. The van der Waals surface area contributed by atoms with E-state index >= 15 is 4.39 Å². The van der Waals surface area contributed by atoms with Crippen molar-refractivity contribution < 1.29 is 41.7 Å². The van der Waals surface area contributed by atoms with E-state index in [2.05, 4.69) is 4.74 Å². The van der Waals surface area contributed by atoms with Gasteiger partial charge in [-0.1, -0.05) is 17.7 Å². The number of carbonyl (C=O) groups is 2.